The van der Waals surface area contributed by atoms with Gasteiger partial charge in [-0.15, -0.1) is 0 Å². The van der Waals surface area contributed by atoms with E-state index in [2.05, 4.69) is 15.4 Å². The number of pyridine rings is 1. The summed E-state index contributed by atoms with van der Waals surface area (Å²) in [6.07, 6.45) is 3.56. The van der Waals surface area contributed by atoms with Gasteiger partial charge in [-0.2, -0.15) is 5.10 Å². The minimum absolute atomic E-state index is 0.0598. The maximum Gasteiger partial charge on any atom is 0.407 e. The number of aromatic nitrogens is 4. The van der Waals surface area contributed by atoms with Crippen LogP contribution in [0, 0.1) is 5.82 Å². The predicted octanol–water partition coefficient (Wildman–Crippen LogP) is 4.87. The molecule has 0 saturated carbocycles. The number of ether oxygens (including phenoxy) is 4. The molecule has 3 aromatic heterocycles. The summed E-state index contributed by atoms with van der Waals surface area (Å²) in [5, 5.41) is 6.99. The Morgan fingerprint density at radius 3 is 2.70 bits per heavy atom. The molecule has 4 aromatic rings. The van der Waals surface area contributed by atoms with Crippen LogP contribution in [0.1, 0.15) is 62.1 Å². The minimum Gasteiger partial charge on any atom is -0.486 e. The average molecular weight is 607 g/mol. The van der Waals surface area contributed by atoms with E-state index in [-0.39, 0.29) is 43.9 Å². The van der Waals surface area contributed by atoms with Gasteiger partial charge in [0.2, 0.25) is 5.88 Å². The number of rotatable bonds is 9. The van der Waals surface area contributed by atoms with Gasteiger partial charge in [-0.05, 0) is 46.2 Å². The minimum atomic E-state index is -0.645. The lowest BCUT2D eigenvalue weighted by Crippen LogP contribution is -2.40. The Morgan fingerprint density at radius 2 is 1.98 bits per heavy atom. The number of carbonyl (C=O) groups excluding carboxylic acids is 2. The average Bonchev–Trinajstić information content (AvgIpc) is 3.38. The molecule has 1 aliphatic heterocycles. The van der Waals surface area contributed by atoms with E-state index in [0.717, 1.165) is 11.8 Å². The molecule has 0 saturated heterocycles. The Labute approximate surface area is 254 Å². The fourth-order valence-electron chi connectivity index (χ4n) is 4.74. The number of nitrogens with one attached hydrogen (secondary N) is 1. The first-order valence-electron chi connectivity index (χ1n) is 14.3. The summed E-state index contributed by atoms with van der Waals surface area (Å²) in [4.78, 5) is 35.8. The number of nitrogens with zero attached hydrogens (tertiary/aromatic N) is 5. The van der Waals surface area contributed by atoms with Crippen LogP contribution in [0.15, 0.2) is 55.0 Å². The summed E-state index contributed by atoms with van der Waals surface area (Å²) in [6.45, 7) is 9.48. The molecule has 0 fully saturated rings. The quantitative estimate of drug-likeness (QED) is 0.263. The molecule has 0 bridgehead atoms. The van der Waals surface area contributed by atoms with Gasteiger partial charge in [-0.3, -0.25) is 0 Å². The lowest BCUT2D eigenvalue weighted by atomic mass is 10.0. The Balaban J connectivity index is 1.48. The first-order valence-corrected chi connectivity index (χ1v) is 14.3. The van der Waals surface area contributed by atoms with E-state index in [0.29, 0.717) is 22.8 Å². The first kappa shape index (κ1) is 30.5. The largest absolute Gasteiger partial charge is 0.486 e. The van der Waals surface area contributed by atoms with Gasteiger partial charge in [-0.1, -0.05) is 30.3 Å². The van der Waals surface area contributed by atoms with Crippen LogP contribution in [-0.4, -0.2) is 63.1 Å². The summed E-state index contributed by atoms with van der Waals surface area (Å²) in [7, 11) is 0. The number of anilines is 1. The fraction of sp³-hybridized carbons (Fsp3) is 0.387. The summed E-state index contributed by atoms with van der Waals surface area (Å²) >= 11 is 0. The van der Waals surface area contributed by atoms with Gasteiger partial charge in [0.1, 0.15) is 30.2 Å². The van der Waals surface area contributed by atoms with Crippen LogP contribution in [0.2, 0.25) is 0 Å². The molecule has 1 aliphatic rings. The van der Waals surface area contributed by atoms with E-state index >= 15 is 0 Å². The molecule has 0 radical (unpaired) electrons. The van der Waals surface area contributed by atoms with Crippen LogP contribution < -0.4 is 19.7 Å². The summed E-state index contributed by atoms with van der Waals surface area (Å²) < 4.78 is 38.7. The number of benzene rings is 1. The molecular formula is C31H35FN6O6. The predicted molar refractivity (Wildman–Crippen MR) is 158 cm³/mol. The van der Waals surface area contributed by atoms with Crippen molar-refractivity contribution in [1.82, 2.24) is 24.9 Å². The van der Waals surface area contributed by atoms with Crippen molar-refractivity contribution in [2.45, 2.75) is 58.8 Å². The first-order chi connectivity index (χ1) is 21.0. The Hall–Kier alpha value is -4.94. The molecule has 13 heteroatoms. The summed E-state index contributed by atoms with van der Waals surface area (Å²) in [5.74, 6) is -0.0245. The highest BCUT2D eigenvalue weighted by atomic mass is 19.1. The smallest absolute Gasteiger partial charge is 0.407 e. The van der Waals surface area contributed by atoms with Crippen molar-refractivity contribution < 1.29 is 32.9 Å². The molecule has 1 amide bonds. The normalized spacial score (nSPS) is 15.2. The van der Waals surface area contributed by atoms with E-state index in [4.69, 9.17) is 23.9 Å². The van der Waals surface area contributed by atoms with Crippen LogP contribution in [0.4, 0.5) is 15.0 Å². The number of alkyl carbamates (subject to hydrolysis) is 1. The lowest BCUT2D eigenvalue weighted by molar-refractivity contribution is 0.0490. The van der Waals surface area contributed by atoms with E-state index in [1.165, 1.54) is 16.8 Å². The van der Waals surface area contributed by atoms with Gasteiger partial charge in [0.15, 0.2) is 17.2 Å². The third-order valence-corrected chi connectivity index (χ3v) is 6.63. The fourth-order valence-corrected chi connectivity index (χ4v) is 4.74. The molecule has 2 atom stereocenters. The van der Waals surface area contributed by atoms with E-state index < -0.39 is 29.5 Å². The number of halogens is 1. The van der Waals surface area contributed by atoms with E-state index in [1.54, 1.807) is 40.8 Å². The maximum absolute atomic E-state index is 14.6. The highest BCUT2D eigenvalue weighted by Crippen LogP contribution is 2.40. The summed E-state index contributed by atoms with van der Waals surface area (Å²) in [5.41, 5.74) is 1.25. The van der Waals surface area contributed by atoms with Gasteiger partial charge in [-0.25, -0.2) is 28.5 Å². The highest BCUT2D eigenvalue weighted by Gasteiger charge is 2.33. The van der Waals surface area contributed by atoms with Gasteiger partial charge in [0.25, 0.3) is 0 Å². The molecule has 44 heavy (non-hydrogen) atoms. The molecule has 0 spiro atoms. The van der Waals surface area contributed by atoms with Crippen molar-refractivity contribution in [1.29, 1.82) is 0 Å². The Kier molecular flexibility index (Phi) is 8.83. The van der Waals surface area contributed by atoms with Crippen molar-refractivity contribution in [3.05, 3.63) is 77.5 Å². The van der Waals surface area contributed by atoms with Crippen LogP contribution >= 0.6 is 0 Å². The zero-order chi connectivity index (χ0) is 31.4. The molecule has 0 unspecified atom stereocenters. The van der Waals surface area contributed by atoms with Crippen molar-refractivity contribution in [2.75, 3.05) is 24.7 Å². The molecular weight excluding hydrogens is 571 g/mol. The van der Waals surface area contributed by atoms with Crippen LogP contribution in [0.3, 0.4) is 0 Å². The van der Waals surface area contributed by atoms with Gasteiger partial charge < -0.3 is 29.2 Å². The van der Waals surface area contributed by atoms with Crippen molar-refractivity contribution in [3.8, 4) is 11.6 Å². The number of carbonyl (C=O) groups is 2. The second-order valence-electron chi connectivity index (χ2n) is 11.3. The molecule has 1 N–H and O–H groups in total. The Bertz CT molecular complexity index is 1640. The molecule has 12 nitrogen and oxygen atoms in total. The molecule has 4 heterocycles. The molecule has 232 valence electrons. The van der Waals surface area contributed by atoms with Crippen molar-refractivity contribution >= 4 is 23.5 Å². The lowest BCUT2D eigenvalue weighted by Gasteiger charge is -2.38. The van der Waals surface area contributed by atoms with Gasteiger partial charge >= 0.3 is 12.1 Å². The third kappa shape index (κ3) is 6.99. The monoisotopic (exact) mass is 606 g/mol. The number of hydrogen-bond donors (Lipinski definition) is 1. The second kappa shape index (κ2) is 12.7. The van der Waals surface area contributed by atoms with Crippen LogP contribution in [0.25, 0.3) is 5.65 Å². The molecule has 0 aliphatic carbocycles. The van der Waals surface area contributed by atoms with Crippen LogP contribution in [-0.2, 0) is 16.0 Å². The van der Waals surface area contributed by atoms with Crippen molar-refractivity contribution in [2.24, 2.45) is 0 Å². The van der Waals surface area contributed by atoms with Crippen molar-refractivity contribution in [3.63, 3.8) is 0 Å². The second-order valence-corrected chi connectivity index (χ2v) is 11.3. The Morgan fingerprint density at radius 1 is 1.20 bits per heavy atom. The zero-order valence-corrected chi connectivity index (χ0v) is 25.2. The molecule has 5 rings (SSSR count). The van der Waals surface area contributed by atoms with E-state index in [9.17, 15) is 14.0 Å². The SMILES string of the molecule is CCOC(=O)c1cnn2cc3c(nc12)N(Cc1cc(F)cnc1OC[C@@H](C)NC(=O)OC(C)(C)C)[C@H](c1ccccc1)CO3. The maximum atomic E-state index is 14.6. The standard InChI is InChI=1S/C31H35FN6O6/c1-6-41-29(39)23-14-34-38-16-25-27(36-26(23)38)37(24(18-42-25)20-10-8-7-9-11-20)15-21-12-22(32)13-33-28(21)43-17-19(2)35-30(40)44-31(3,4)5/h7-14,16,19,24H,6,15,17-18H2,1-5H3,(H,35,40)/t19-,24+/m1/s1. The van der Waals surface area contributed by atoms with Crippen LogP contribution in [0.5, 0.6) is 11.6 Å². The van der Waals surface area contributed by atoms with E-state index in [1.807, 2.05) is 35.2 Å². The number of esters is 1. The number of fused-ring (bicyclic) bond motifs is 2. The van der Waals surface area contributed by atoms with Gasteiger partial charge in [0.05, 0.1) is 43.8 Å². The zero-order valence-electron chi connectivity index (χ0n) is 25.2. The summed E-state index contributed by atoms with van der Waals surface area (Å²) in [6, 6.07) is 10.3. The number of amides is 1. The third-order valence-electron chi connectivity index (χ3n) is 6.63. The topological polar surface area (TPSA) is 129 Å². The highest BCUT2D eigenvalue weighted by molar-refractivity contribution is 5.96. The van der Waals surface area contributed by atoms with Gasteiger partial charge in [0, 0.05) is 5.56 Å². The number of hydrogen-bond acceptors (Lipinski definition) is 10. The molecule has 1 aromatic carbocycles.